The molecular formula is C22H22F3N5O4S. The van der Waals surface area contributed by atoms with E-state index in [0.717, 1.165) is 17.8 Å². The Labute approximate surface area is 202 Å². The number of alkyl halides is 3. The first-order chi connectivity index (χ1) is 16.7. The summed E-state index contributed by atoms with van der Waals surface area (Å²) in [6.45, 7) is 3.19. The van der Waals surface area contributed by atoms with Crippen molar-refractivity contribution in [3.05, 3.63) is 59.6 Å². The number of thioether (sulfide) groups is 1. The molecule has 0 spiro atoms. The summed E-state index contributed by atoms with van der Waals surface area (Å²) in [5.41, 5.74) is -1.04. The number of furan rings is 2. The molecule has 0 saturated carbocycles. The van der Waals surface area contributed by atoms with E-state index < -0.39 is 17.8 Å². The first-order valence-electron chi connectivity index (χ1n) is 10.7. The number of amides is 2. The van der Waals surface area contributed by atoms with E-state index in [-0.39, 0.29) is 34.9 Å². The van der Waals surface area contributed by atoms with Crippen molar-refractivity contribution < 1.29 is 31.6 Å². The van der Waals surface area contributed by atoms with Crippen LogP contribution in [0.2, 0.25) is 0 Å². The largest absolute Gasteiger partial charge is 0.467 e. The Kier molecular flexibility index (Phi) is 7.34. The number of nitrogens with one attached hydrogen (secondary N) is 1. The van der Waals surface area contributed by atoms with E-state index in [1.54, 1.807) is 28.0 Å². The van der Waals surface area contributed by atoms with Gasteiger partial charge in [0.1, 0.15) is 17.3 Å². The fourth-order valence-electron chi connectivity index (χ4n) is 3.42. The molecule has 3 aromatic rings. The van der Waals surface area contributed by atoms with E-state index in [0.29, 0.717) is 37.7 Å². The molecule has 1 saturated heterocycles. The predicted molar refractivity (Wildman–Crippen MR) is 120 cm³/mol. The van der Waals surface area contributed by atoms with Crippen LogP contribution < -0.4 is 10.2 Å². The molecule has 9 nitrogen and oxygen atoms in total. The highest BCUT2D eigenvalue weighted by Gasteiger charge is 2.34. The number of nitrogens with zero attached hydrogens (tertiary/aromatic N) is 4. The van der Waals surface area contributed by atoms with Gasteiger partial charge in [0.25, 0.3) is 5.91 Å². The number of piperazine rings is 1. The fraction of sp³-hybridized carbons (Fsp3) is 0.364. The zero-order valence-corrected chi connectivity index (χ0v) is 19.5. The molecule has 4 heterocycles. The van der Waals surface area contributed by atoms with Gasteiger partial charge in [-0.2, -0.15) is 13.2 Å². The third kappa shape index (κ3) is 6.35. The van der Waals surface area contributed by atoms with Crippen molar-refractivity contribution in [2.24, 2.45) is 0 Å². The lowest BCUT2D eigenvalue weighted by Crippen LogP contribution is -2.48. The molecule has 2 amide bonds. The Morgan fingerprint density at radius 1 is 1.11 bits per heavy atom. The Hall–Kier alpha value is -3.48. The second kappa shape index (κ2) is 10.4. The van der Waals surface area contributed by atoms with Crippen LogP contribution >= 0.6 is 11.8 Å². The van der Waals surface area contributed by atoms with Gasteiger partial charge in [-0.3, -0.25) is 9.59 Å². The van der Waals surface area contributed by atoms with E-state index in [2.05, 4.69) is 15.3 Å². The van der Waals surface area contributed by atoms with Crippen LogP contribution in [0.15, 0.2) is 50.6 Å². The van der Waals surface area contributed by atoms with Crippen LogP contribution in [0.25, 0.3) is 0 Å². The van der Waals surface area contributed by atoms with Crippen LogP contribution in [0.4, 0.5) is 19.0 Å². The molecular weight excluding hydrogens is 487 g/mol. The smallest absolute Gasteiger partial charge is 0.433 e. The van der Waals surface area contributed by atoms with Crippen molar-refractivity contribution in [1.82, 2.24) is 20.2 Å². The highest BCUT2D eigenvalue weighted by molar-refractivity contribution is 7.98. The molecule has 1 aliphatic heterocycles. The standard InChI is InChI=1S/C22H22F3N5O4S/c1-14(31)29-6-8-30(9-7-29)19-11-18(22(23,24)25)27-21(28-19)35-13-16-4-5-17(34-16)20(32)26-12-15-3-2-10-33-15/h2-5,10-11H,6-9,12-13H2,1H3,(H,26,32). The van der Waals surface area contributed by atoms with Crippen molar-refractivity contribution >= 4 is 29.4 Å². The summed E-state index contributed by atoms with van der Waals surface area (Å²) in [5.74, 6) is 0.796. The van der Waals surface area contributed by atoms with E-state index in [9.17, 15) is 22.8 Å². The first-order valence-corrected chi connectivity index (χ1v) is 11.7. The second-order valence-corrected chi connectivity index (χ2v) is 8.64. The van der Waals surface area contributed by atoms with Crippen molar-refractivity contribution in [2.75, 3.05) is 31.1 Å². The lowest BCUT2D eigenvalue weighted by molar-refractivity contribution is -0.141. The van der Waals surface area contributed by atoms with Crippen molar-refractivity contribution in [3.8, 4) is 0 Å². The molecule has 4 rings (SSSR count). The predicted octanol–water partition coefficient (Wildman–Crippen LogP) is 3.57. The molecule has 1 fully saturated rings. The van der Waals surface area contributed by atoms with Crippen LogP contribution in [-0.2, 0) is 23.3 Å². The zero-order chi connectivity index (χ0) is 25.0. The molecule has 0 atom stereocenters. The van der Waals surface area contributed by atoms with Crippen LogP contribution in [0.5, 0.6) is 0 Å². The number of hydrogen-bond acceptors (Lipinski definition) is 8. The molecule has 0 radical (unpaired) electrons. The first kappa shape index (κ1) is 24.6. The summed E-state index contributed by atoms with van der Waals surface area (Å²) in [4.78, 5) is 35.1. The molecule has 35 heavy (non-hydrogen) atoms. The Morgan fingerprint density at radius 2 is 1.89 bits per heavy atom. The SMILES string of the molecule is CC(=O)N1CCN(c2cc(C(F)(F)F)nc(SCc3ccc(C(=O)NCc4ccco4)o3)n2)CC1. The highest BCUT2D eigenvalue weighted by atomic mass is 32.2. The maximum atomic E-state index is 13.5. The van der Waals surface area contributed by atoms with Crippen LogP contribution in [0.1, 0.15) is 34.7 Å². The van der Waals surface area contributed by atoms with E-state index in [4.69, 9.17) is 8.83 Å². The second-order valence-electron chi connectivity index (χ2n) is 7.70. The summed E-state index contributed by atoms with van der Waals surface area (Å²) < 4.78 is 51.1. The van der Waals surface area contributed by atoms with E-state index in [1.807, 2.05) is 0 Å². The summed E-state index contributed by atoms with van der Waals surface area (Å²) in [6, 6.07) is 7.40. The summed E-state index contributed by atoms with van der Waals surface area (Å²) >= 11 is 0.970. The summed E-state index contributed by atoms with van der Waals surface area (Å²) in [6.07, 6.45) is -3.14. The van der Waals surface area contributed by atoms with Gasteiger partial charge >= 0.3 is 6.18 Å². The molecule has 0 unspecified atom stereocenters. The lowest BCUT2D eigenvalue weighted by atomic mass is 10.3. The normalized spacial score (nSPS) is 14.3. The van der Waals surface area contributed by atoms with E-state index in [1.165, 1.54) is 19.3 Å². The fourth-order valence-corrected chi connectivity index (χ4v) is 4.16. The minimum absolute atomic E-state index is 0.0657. The van der Waals surface area contributed by atoms with Gasteiger partial charge in [0, 0.05) is 39.2 Å². The average molecular weight is 510 g/mol. The van der Waals surface area contributed by atoms with Gasteiger partial charge in [0.2, 0.25) is 5.91 Å². The molecule has 186 valence electrons. The highest BCUT2D eigenvalue weighted by Crippen LogP contribution is 2.32. The topological polar surface area (TPSA) is 105 Å². The Morgan fingerprint density at radius 3 is 2.54 bits per heavy atom. The molecule has 0 bridgehead atoms. The van der Waals surface area contributed by atoms with Gasteiger partial charge in [-0.1, -0.05) is 11.8 Å². The number of carbonyl (C=O) groups is 2. The molecule has 1 aliphatic rings. The van der Waals surface area contributed by atoms with E-state index >= 15 is 0 Å². The summed E-state index contributed by atoms with van der Waals surface area (Å²) in [5, 5.41) is 2.59. The summed E-state index contributed by atoms with van der Waals surface area (Å²) in [7, 11) is 0. The lowest BCUT2D eigenvalue weighted by Gasteiger charge is -2.35. The molecule has 0 aromatic carbocycles. The average Bonchev–Trinajstić information content (AvgIpc) is 3.53. The Balaban J connectivity index is 1.42. The maximum absolute atomic E-state index is 13.5. The monoisotopic (exact) mass is 509 g/mol. The van der Waals surface area contributed by atoms with Crippen LogP contribution in [-0.4, -0.2) is 52.9 Å². The number of hydrogen-bond donors (Lipinski definition) is 1. The number of carbonyl (C=O) groups excluding carboxylic acids is 2. The molecule has 13 heteroatoms. The molecule has 3 aromatic heterocycles. The van der Waals surface area contributed by atoms with Crippen molar-refractivity contribution in [2.45, 2.75) is 30.6 Å². The number of aromatic nitrogens is 2. The van der Waals surface area contributed by atoms with Crippen molar-refractivity contribution in [3.63, 3.8) is 0 Å². The van der Waals surface area contributed by atoms with Crippen LogP contribution in [0, 0.1) is 0 Å². The van der Waals surface area contributed by atoms with Gasteiger partial charge in [0.05, 0.1) is 18.6 Å². The van der Waals surface area contributed by atoms with Gasteiger partial charge in [0.15, 0.2) is 16.6 Å². The van der Waals surface area contributed by atoms with Gasteiger partial charge in [-0.15, -0.1) is 0 Å². The van der Waals surface area contributed by atoms with Gasteiger partial charge < -0.3 is 24.0 Å². The third-order valence-electron chi connectivity index (χ3n) is 5.26. The quantitative estimate of drug-likeness (QED) is 0.381. The third-order valence-corrected chi connectivity index (χ3v) is 6.13. The van der Waals surface area contributed by atoms with Gasteiger partial charge in [-0.05, 0) is 24.3 Å². The van der Waals surface area contributed by atoms with Crippen molar-refractivity contribution in [1.29, 1.82) is 0 Å². The van der Waals surface area contributed by atoms with Gasteiger partial charge in [-0.25, -0.2) is 9.97 Å². The number of rotatable bonds is 7. The van der Waals surface area contributed by atoms with Crippen LogP contribution in [0.3, 0.4) is 0 Å². The number of anilines is 1. The molecule has 1 N–H and O–H groups in total. The maximum Gasteiger partial charge on any atom is 0.433 e. The zero-order valence-electron chi connectivity index (χ0n) is 18.7. The Bertz CT molecular complexity index is 1170. The minimum atomic E-state index is -4.64. The molecule has 0 aliphatic carbocycles. The minimum Gasteiger partial charge on any atom is -0.467 e. The number of halogens is 3.